The summed E-state index contributed by atoms with van der Waals surface area (Å²) in [5, 5.41) is 5.34. The lowest BCUT2D eigenvalue weighted by atomic mass is 10.0. The van der Waals surface area contributed by atoms with E-state index in [1.54, 1.807) is 6.92 Å². The summed E-state index contributed by atoms with van der Waals surface area (Å²) < 4.78 is 39.1. The Morgan fingerprint density at radius 3 is 2.52 bits per heavy atom. The van der Waals surface area contributed by atoms with Gasteiger partial charge in [0.25, 0.3) is 0 Å². The molecule has 1 fully saturated rings. The van der Waals surface area contributed by atoms with Crippen LogP contribution in [0.1, 0.15) is 31.0 Å². The lowest BCUT2D eigenvalue weighted by Gasteiger charge is -2.24. The van der Waals surface area contributed by atoms with Crippen LogP contribution >= 0.6 is 0 Å². The number of halogens is 3. The average molecular weight is 329 g/mol. The Kier molecular flexibility index (Phi) is 4.93. The molecule has 2 atom stereocenters. The fourth-order valence-corrected chi connectivity index (χ4v) is 2.58. The van der Waals surface area contributed by atoms with Crippen molar-refractivity contribution < 1.29 is 22.8 Å². The minimum Gasteiger partial charge on any atom is -0.336 e. The first-order valence-corrected chi connectivity index (χ1v) is 7.23. The number of hydrogen-bond donors (Lipinski definition) is 2. The number of rotatable bonds is 4. The quantitative estimate of drug-likeness (QED) is 0.891. The minimum atomic E-state index is -4.46. The Morgan fingerprint density at radius 2 is 1.96 bits per heavy atom. The highest BCUT2D eigenvalue weighted by molar-refractivity contribution is 5.98. The Balaban J connectivity index is 2.11. The summed E-state index contributed by atoms with van der Waals surface area (Å²) >= 11 is 0. The van der Waals surface area contributed by atoms with Crippen LogP contribution in [0.25, 0.3) is 0 Å². The molecule has 0 aliphatic carbocycles. The summed E-state index contributed by atoms with van der Waals surface area (Å²) in [4.78, 5) is 24.7. The van der Waals surface area contributed by atoms with E-state index < -0.39 is 35.8 Å². The van der Waals surface area contributed by atoms with E-state index in [1.165, 1.54) is 25.1 Å². The van der Waals surface area contributed by atoms with Crippen molar-refractivity contribution in [3.63, 3.8) is 0 Å². The second-order valence-electron chi connectivity index (χ2n) is 5.42. The maximum absolute atomic E-state index is 13.0. The summed E-state index contributed by atoms with van der Waals surface area (Å²) in [6.45, 7) is 3.72. The van der Waals surface area contributed by atoms with Gasteiger partial charge in [-0.15, -0.1) is 0 Å². The van der Waals surface area contributed by atoms with E-state index in [9.17, 15) is 22.8 Å². The number of carbonyl (C=O) groups is 2. The monoisotopic (exact) mass is 329 g/mol. The van der Waals surface area contributed by atoms with Gasteiger partial charge in [-0.1, -0.05) is 18.2 Å². The zero-order chi connectivity index (χ0) is 17.2. The van der Waals surface area contributed by atoms with Crippen LogP contribution in [-0.2, 0) is 11.0 Å². The zero-order valence-corrected chi connectivity index (χ0v) is 12.8. The molecule has 1 aromatic rings. The van der Waals surface area contributed by atoms with Gasteiger partial charge in [0.05, 0.1) is 11.6 Å². The molecular formula is C15H18F3N3O2. The first kappa shape index (κ1) is 17.3. The van der Waals surface area contributed by atoms with Gasteiger partial charge in [-0.3, -0.25) is 15.0 Å². The van der Waals surface area contributed by atoms with E-state index in [2.05, 4.69) is 10.6 Å². The summed E-state index contributed by atoms with van der Waals surface area (Å²) in [6, 6.07) is 3.26. The Bertz CT molecular complexity index is 604. The lowest BCUT2D eigenvalue weighted by Crippen LogP contribution is -2.47. The zero-order valence-electron chi connectivity index (χ0n) is 12.8. The Morgan fingerprint density at radius 1 is 1.30 bits per heavy atom. The number of alkyl halides is 3. The normalized spacial score (nSPS) is 17.8. The molecule has 5 nitrogen and oxygen atoms in total. The number of nitrogens with one attached hydrogen (secondary N) is 2. The largest absolute Gasteiger partial charge is 0.416 e. The highest BCUT2D eigenvalue weighted by Crippen LogP contribution is 2.34. The first-order chi connectivity index (χ1) is 10.7. The average Bonchev–Trinajstić information content (AvgIpc) is 2.91. The minimum absolute atomic E-state index is 0.0607. The molecule has 0 unspecified atom stereocenters. The summed E-state index contributed by atoms with van der Waals surface area (Å²) in [7, 11) is 0. The van der Waals surface area contributed by atoms with Crippen LogP contribution in [0.3, 0.4) is 0 Å². The third-order valence-electron chi connectivity index (χ3n) is 3.73. The van der Waals surface area contributed by atoms with Crippen LogP contribution in [-0.4, -0.2) is 36.0 Å². The van der Waals surface area contributed by atoms with Crippen LogP contribution in [0.5, 0.6) is 0 Å². The fraction of sp³-hybridized carbons (Fsp3) is 0.467. The van der Waals surface area contributed by atoms with Crippen molar-refractivity contribution in [2.75, 3.05) is 13.1 Å². The molecule has 0 bridgehead atoms. The molecule has 2 rings (SSSR count). The van der Waals surface area contributed by atoms with Gasteiger partial charge in [0.15, 0.2) is 0 Å². The van der Waals surface area contributed by atoms with Gasteiger partial charge >= 0.3 is 12.2 Å². The maximum Gasteiger partial charge on any atom is 0.416 e. The second-order valence-corrected chi connectivity index (χ2v) is 5.42. The van der Waals surface area contributed by atoms with E-state index >= 15 is 0 Å². The third-order valence-corrected chi connectivity index (χ3v) is 3.73. The van der Waals surface area contributed by atoms with Gasteiger partial charge in [0.1, 0.15) is 0 Å². The van der Waals surface area contributed by atoms with E-state index in [4.69, 9.17) is 0 Å². The summed E-state index contributed by atoms with van der Waals surface area (Å²) in [6.07, 6.45) is -4.46. The van der Waals surface area contributed by atoms with Crippen LogP contribution in [0, 0.1) is 0 Å². The van der Waals surface area contributed by atoms with Gasteiger partial charge < -0.3 is 5.32 Å². The smallest absolute Gasteiger partial charge is 0.336 e. The van der Waals surface area contributed by atoms with E-state index in [-0.39, 0.29) is 12.1 Å². The van der Waals surface area contributed by atoms with E-state index in [0.717, 1.165) is 11.0 Å². The van der Waals surface area contributed by atoms with Crippen molar-refractivity contribution in [2.45, 2.75) is 32.1 Å². The van der Waals surface area contributed by atoms with E-state index in [0.29, 0.717) is 6.54 Å². The number of hydrogen-bond acceptors (Lipinski definition) is 3. The van der Waals surface area contributed by atoms with Crippen LogP contribution in [0.4, 0.5) is 18.0 Å². The van der Waals surface area contributed by atoms with Gasteiger partial charge in [0.2, 0.25) is 5.91 Å². The van der Waals surface area contributed by atoms with Gasteiger partial charge in [-0.2, -0.15) is 13.2 Å². The van der Waals surface area contributed by atoms with Crippen molar-refractivity contribution in [3.8, 4) is 0 Å². The number of carbonyl (C=O) groups excluding carboxylic acids is 2. The van der Waals surface area contributed by atoms with Crippen molar-refractivity contribution >= 4 is 11.9 Å². The Hall–Kier alpha value is -2.09. The van der Waals surface area contributed by atoms with Crippen molar-refractivity contribution in [1.82, 2.24) is 15.5 Å². The third kappa shape index (κ3) is 3.82. The van der Waals surface area contributed by atoms with Gasteiger partial charge in [0, 0.05) is 19.1 Å². The van der Waals surface area contributed by atoms with E-state index in [1.807, 2.05) is 0 Å². The van der Waals surface area contributed by atoms with Crippen LogP contribution in [0.15, 0.2) is 24.3 Å². The van der Waals surface area contributed by atoms with Crippen molar-refractivity contribution in [1.29, 1.82) is 0 Å². The molecule has 23 heavy (non-hydrogen) atoms. The molecule has 0 radical (unpaired) electrons. The molecule has 126 valence electrons. The van der Waals surface area contributed by atoms with Gasteiger partial charge in [-0.05, 0) is 25.5 Å². The number of urea groups is 1. The lowest BCUT2D eigenvalue weighted by molar-refractivity contribution is -0.138. The standard InChI is InChI=1S/C15H18F3N3O2/c1-9(11-5-3-4-6-12(11)15(16,17)18)20-10(2)13(22)21-8-7-19-14(21)23/h3-6,9-10,20H,7-8H2,1-2H3,(H,19,23)/t9-,10-/m0/s1. The molecular weight excluding hydrogens is 311 g/mol. The molecule has 1 aliphatic rings. The SMILES string of the molecule is C[C@H](N[C@@H](C)c1ccccc1C(F)(F)F)C(=O)N1CCNC1=O. The summed E-state index contributed by atoms with van der Waals surface area (Å²) in [5.74, 6) is -0.462. The van der Waals surface area contributed by atoms with Crippen LogP contribution < -0.4 is 10.6 Å². The second kappa shape index (κ2) is 6.57. The predicted octanol–water partition coefficient (Wildman–Crippen LogP) is 2.30. The molecule has 1 aromatic carbocycles. The first-order valence-electron chi connectivity index (χ1n) is 7.23. The molecule has 8 heteroatoms. The molecule has 0 spiro atoms. The van der Waals surface area contributed by atoms with Gasteiger partial charge in [-0.25, -0.2) is 4.79 Å². The highest BCUT2D eigenvalue weighted by Gasteiger charge is 2.35. The summed E-state index contributed by atoms with van der Waals surface area (Å²) in [5.41, 5.74) is -0.677. The Labute approximate surface area is 131 Å². The molecule has 1 heterocycles. The molecule has 3 amide bonds. The van der Waals surface area contributed by atoms with Crippen molar-refractivity contribution in [2.24, 2.45) is 0 Å². The molecule has 2 N–H and O–H groups in total. The molecule has 1 saturated heterocycles. The van der Waals surface area contributed by atoms with Crippen molar-refractivity contribution in [3.05, 3.63) is 35.4 Å². The molecule has 0 aromatic heterocycles. The number of nitrogens with zero attached hydrogens (tertiary/aromatic N) is 1. The highest BCUT2D eigenvalue weighted by atomic mass is 19.4. The number of benzene rings is 1. The topological polar surface area (TPSA) is 61.4 Å². The maximum atomic E-state index is 13.0. The number of imide groups is 1. The fourth-order valence-electron chi connectivity index (χ4n) is 2.58. The predicted molar refractivity (Wildman–Crippen MR) is 77.6 cm³/mol. The van der Waals surface area contributed by atoms with Crippen LogP contribution in [0.2, 0.25) is 0 Å². The number of amides is 3. The molecule has 0 saturated carbocycles. The molecule has 1 aliphatic heterocycles.